The number of hydrogen-bond donors (Lipinski definition) is 3. The summed E-state index contributed by atoms with van der Waals surface area (Å²) in [4.78, 5) is 18.8. The summed E-state index contributed by atoms with van der Waals surface area (Å²) in [6.45, 7) is 3.86. The molecular weight excluding hydrogens is 181 g/mol. The van der Waals surface area contributed by atoms with E-state index in [-0.39, 0.29) is 18.9 Å². The predicted molar refractivity (Wildman–Crippen MR) is 45.8 cm³/mol. The van der Waals surface area contributed by atoms with Crippen LogP contribution in [0.25, 0.3) is 0 Å². The van der Waals surface area contributed by atoms with Crippen LogP contribution >= 0.6 is 7.60 Å². The van der Waals surface area contributed by atoms with Crippen molar-refractivity contribution in [2.45, 2.75) is 19.9 Å². The number of aliphatic hydroxyl groups excluding tert-OH is 1. The number of nitrogens with zero attached hydrogens (tertiary/aromatic N) is 1. The monoisotopic (exact) mass is 197 g/mol. The first-order chi connectivity index (χ1) is 5.37. The molecule has 0 aromatic carbocycles. The first-order valence-electron chi connectivity index (χ1n) is 3.76. The molecule has 0 unspecified atom stereocenters. The topological polar surface area (TPSA) is 81.0 Å². The first kappa shape index (κ1) is 12.1. The summed E-state index contributed by atoms with van der Waals surface area (Å²) in [6, 6.07) is 0.0322. The van der Waals surface area contributed by atoms with Gasteiger partial charge in [-0.25, -0.2) is 0 Å². The molecule has 0 aromatic rings. The molecule has 0 saturated heterocycles. The Hall–Kier alpha value is 0.0700. The van der Waals surface area contributed by atoms with Gasteiger partial charge in [-0.05, 0) is 13.8 Å². The van der Waals surface area contributed by atoms with Gasteiger partial charge in [0.2, 0.25) is 0 Å². The van der Waals surface area contributed by atoms with Crippen LogP contribution < -0.4 is 0 Å². The van der Waals surface area contributed by atoms with Gasteiger partial charge in [0.05, 0.1) is 6.61 Å². The summed E-state index contributed by atoms with van der Waals surface area (Å²) in [7, 11) is -3.99. The molecule has 0 aliphatic rings. The minimum Gasteiger partial charge on any atom is -0.395 e. The molecular formula is C6H16NO4P. The second-order valence-corrected chi connectivity index (χ2v) is 4.55. The van der Waals surface area contributed by atoms with E-state index >= 15 is 0 Å². The van der Waals surface area contributed by atoms with Crippen molar-refractivity contribution >= 4 is 7.60 Å². The van der Waals surface area contributed by atoms with Crippen LogP contribution in [0.2, 0.25) is 0 Å². The van der Waals surface area contributed by atoms with Gasteiger partial charge in [-0.2, -0.15) is 0 Å². The van der Waals surface area contributed by atoms with Gasteiger partial charge in [0.15, 0.2) is 0 Å². The van der Waals surface area contributed by atoms with Crippen LogP contribution in [-0.4, -0.2) is 45.3 Å². The van der Waals surface area contributed by atoms with E-state index in [2.05, 4.69) is 0 Å². The molecule has 6 heteroatoms. The van der Waals surface area contributed by atoms with Crippen LogP contribution in [0.15, 0.2) is 0 Å². The molecule has 0 amide bonds. The lowest BCUT2D eigenvalue weighted by molar-refractivity contribution is 0.177. The van der Waals surface area contributed by atoms with E-state index in [1.165, 1.54) is 0 Å². The zero-order valence-electron chi connectivity index (χ0n) is 7.34. The lowest BCUT2D eigenvalue weighted by Gasteiger charge is -2.25. The van der Waals surface area contributed by atoms with Gasteiger partial charge >= 0.3 is 7.60 Å². The maximum atomic E-state index is 10.6. The molecule has 0 aliphatic carbocycles. The molecule has 0 saturated carbocycles. The lowest BCUT2D eigenvalue weighted by atomic mass is 10.3. The summed E-state index contributed by atoms with van der Waals surface area (Å²) in [5.41, 5.74) is 0. The van der Waals surface area contributed by atoms with Crippen molar-refractivity contribution in [1.29, 1.82) is 0 Å². The van der Waals surface area contributed by atoms with Crippen molar-refractivity contribution in [3.63, 3.8) is 0 Å². The lowest BCUT2D eigenvalue weighted by Crippen LogP contribution is -2.34. The summed E-state index contributed by atoms with van der Waals surface area (Å²) >= 11 is 0. The highest BCUT2D eigenvalue weighted by molar-refractivity contribution is 7.51. The van der Waals surface area contributed by atoms with Crippen molar-refractivity contribution < 1.29 is 19.5 Å². The SMILES string of the molecule is CC(C)N(CCO)CP(=O)(O)O. The molecule has 0 bridgehead atoms. The third kappa shape index (κ3) is 5.69. The minimum absolute atomic E-state index is 0.0322. The van der Waals surface area contributed by atoms with E-state index in [0.717, 1.165) is 0 Å². The Bertz CT molecular complexity index is 167. The number of rotatable bonds is 5. The van der Waals surface area contributed by atoms with Gasteiger partial charge in [0, 0.05) is 12.6 Å². The Morgan fingerprint density at radius 1 is 1.42 bits per heavy atom. The summed E-state index contributed by atoms with van der Waals surface area (Å²) in [6.07, 6.45) is -0.286. The normalized spacial score (nSPS) is 12.9. The molecule has 0 aliphatic heterocycles. The zero-order chi connectivity index (χ0) is 9.78. The summed E-state index contributed by atoms with van der Waals surface area (Å²) < 4.78 is 10.6. The number of aliphatic hydroxyl groups is 1. The average molecular weight is 197 g/mol. The number of hydrogen-bond acceptors (Lipinski definition) is 3. The van der Waals surface area contributed by atoms with Crippen molar-refractivity contribution in [3.05, 3.63) is 0 Å². The maximum absolute atomic E-state index is 10.6. The predicted octanol–water partition coefficient (Wildman–Crippen LogP) is -0.176. The second kappa shape index (κ2) is 4.94. The van der Waals surface area contributed by atoms with Gasteiger partial charge in [-0.3, -0.25) is 9.46 Å². The highest BCUT2D eigenvalue weighted by atomic mass is 31.2. The van der Waals surface area contributed by atoms with Crippen molar-refractivity contribution in [2.24, 2.45) is 0 Å². The van der Waals surface area contributed by atoms with Crippen molar-refractivity contribution in [1.82, 2.24) is 4.90 Å². The third-order valence-electron chi connectivity index (χ3n) is 1.48. The van der Waals surface area contributed by atoms with Crippen LogP contribution in [0.1, 0.15) is 13.8 Å². The quantitative estimate of drug-likeness (QED) is 0.533. The van der Waals surface area contributed by atoms with E-state index < -0.39 is 7.60 Å². The molecule has 0 radical (unpaired) electrons. The molecule has 0 rings (SSSR count). The van der Waals surface area contributed by atoms with Crippen LogP contribution in [0.3, 0.4) is 0 Å². The first-order valence-corrected chi connectivity index (χ1v) is 5.56. The highest BCUT2D eigenvalue weighted by Crippen LogP contribution is 2.35. The fourth-order valence-corrected chi connectivity index (χ4v) is 1.80. The maximum Gasteiger partial charge on any atom is 0.339 e. The smallest absolute Gasteiger partial charge is 0.339 e. The van der Waals surface area contributed by atoms with Crippen LogP contribution in [-0.2, 0) is 4.57 Å². The van der Waals surface area contributed by atoms with Crippen molar-refractivity contribution in [2.75, 3.05) is 19.4 Å². The molecule has 12 heavy (non-hydrogen) atoms. The molecule has 0 atom stereocenters. The van der Waals surface area contributed by atoms with E-state index in [1.54, 1.807) is 4.90 Å². The van der Waals surface area contributed by atoms with E-state index in [4.69, 9.17) is 14.9 Å². The van der Waals surface area contributed by atoms with E-state index in [0.29, 0.717) is 6.54 Å². The van der Waals surface area contributed by atoms with Gasteiger partial charge in [-0.15, -0.1) is 0 Å². The molecule has 3 N–H and O–H groups in total. The Morgan fingerprint density at radius 2 is 1.92 bits per heavy atom. The molecule has 5 nitrogen and oxygen atoms in total. The standard InChI is InChI=1S/C6H16NO4P/c1-6(2)7(3-4-8)5-12(9,10)11/h6,8H,3-5H2,1-2H3,(H2,9,10,11). The Morgan fingerprint density at radius 3 is 2.17 bits per heavy atom. The fraction of sp³-hybridized carbons (Fsp3) is 1.00. The van der Waals surface area contributed by atoms with Gasteiger partial charge in [-0.1, -0.05) is 0 Å². The van der Waals surface area contributed by atoms with Gasteiger partial charge < -0.3 is 14.9 Å². The third-order valence-corrected chi connectivity index (χ3v) is 2.22. The summed E-state index contributed by atoms with van der Waals surface area (Å²) in [5, 5.41) is 8.59. The summed E-state index contributed by atoms with van der Waals surface area (Å²) in [5.74, 6) is 0. The van der Waals surface area contributed by atoms with E-state index in [1.807, 2.05) is 13.8 Å². The highest BCUT2D eigenvalue weighted by Gasteiger charge is 2.20. The molecule has 74 valence electrons. The largest absolute Gasteiger partial charge is 0.395 e. The molecule has 0 fully saturated rings. The van der Waals surface area contributed by atoms with Crippen LogP contribution in [0.5, 0.6) is 0 Å². The van der Waals surface area contributed by atoms with E-state index in [9.17, 15) is 4.57 Å². The minimum atomic E-state index is -3.99. The van der Waals surface area contributed by atoms with Crippen LogP contribution in [0.4, 0.5) is 0 Å². The van der Waals surface area contributed by atoms with Crippen molar-refractivity contribution in [3.8, 4) is 0 Å². The molecule has 0 heterocycles. The molecule has 0 spiro atoms. The Kier molecular flexibility index (Phi) is 4.97. The zero-order valence-corrected chi connectivity index (χ0v) is 8.24. The fourth-order valence-electron chi connectivity index (χ4n) is 0.857. The average Bonchev–Trinajstić information content (AvgIpc) is 1.83. The Balaban J connectivity index is 4.05. The molecule has 0 aromatic heterocycles. The van der Waals surface area contributed by atoms with Crippen LogP contribution in [0, 0.1) is 0 Å². The Labute approximate surface area is 72.2 Å². The second-order valence-electron chi connectivity index (χ2n) is 2.94. The van der Waals surface area contributed by atoms with Gasteiger partial charge in [0.1, 0.15) is 6.29 Å². The van der Waals surface area contributed by atoms with Gasteiger partial charge in [0.25, 0.3) is 0 Å².